The Labute approximate surface area is 217 Å². The number of ether oxygens (including phenoxy) is 1. The van der Waals surface area contributed by atoms with Gasteiger partial charge in [-0.25, -0.2) is 9.97 Å². The summed E-state index contributed by atoms with van der Waals surface area (Å²) in [4.78, 5) is 12.1. The van der Waals surface area contributed by atoms with Crippen molar-refractivity contribution in [3.05, 3.63) is 30.1 Å². The number of nitrogen functional groups attached to an aromatic ring is 1. The SMILES string of the molecule is CCN(Cc1nc2c(N)nc3ccccc3c2n1CC(C)(C)OCCCCNCCNC)C(C)(C)C. The lowest BCUT2D eigenvalue weighted by Gasteiger charge is -2.35. The summed E-state index contributed by atoms with van der Waals surface area (Å²) in [6.45, 7) is 19.4. The number of hydrogen-bond donors (Lipinski definition) is 3. The van der Waals surface area contributed by atoms with Gasteiger partial charge in [0.2, 0.25) is 0 Å². The number of hydrogen-bond acceptors (Lipinski definition) is 7. The molecule has 0 atom stereocenters. The van der Waals surface area contributed by atoms with E-state index in [4.69, 9.17) is 15.5 Å². The maximum Gasteiger partial charge on any atom is 0.152 e. The van der Waals surface area contributed by atoms with Crippen molar-refractivity contribution < 1.29 is 4.74 Å². The van der Waals surface area contributed by atoms with E-state index in [1.54, 1.807) is 0 Å². The van der Waals surface area contributed by atoms with Crippen molar-refractivity contribution in [2.24, 2.45) is 0 Å². The number of nitrogens with two attached hydrogens (primary N) is 1. The molecule has 0 spiro atoms. The van der Waals surface area contributed by atoms with E-state index >= 15 is 0 Å². The van der Waals surface area contributed by atoms with Gasteiger partial charge in [-0.2, -0.15) is 0 Å². The Balaban J connectivity index is 1.87. The molecule has 1 aromatic carbocycles. The number of rotatable bonds is 14. The maximum absolute atomic E-state index is 6.43. The van der Waals surface area contributed by atoms with E-state index in [0.29, 0.717) is 12.4 Å². The molecule has 3 aromatic rings. The molecule has 0 saturated heterocycles. The summed E-state index contributed by atoms with van der Waals surface area (Å²) in [5.74, 6) is 1.48. The molecular formula is C28H47N7O. The molecule has 0 aliphatic carbocycles. The highest BCUT2D eigenvalue weighted by molar-refractivity contribution is 6.06. The molecule has 8 heteroatoms. The van der Waals surface area contributed by atoms with Crippen molar-refractivity contribution in [3.8, 4) is 0 Å². The van der Waals surface area contributed by atoms with Crippen LogP contribution in [0, 0.1) is 0 Å². The Bertz CT molecular complexity index is 1120. The van der Waals surface area contributed by atoms with E-state index in [2.05, 4.69) is 78.8 Å². The number of benzene rings is 1. The first kappa shape index (κ1) is 28.3. The molecular weight excluding hydrogens is 450 g/mol. The fourth-order valence-electron chi connectivity index (χ4n) is 4.66. The maximum atomic E-state index is 6.43. The topological polar surface area (TPSA) is 93.3 Å². The van der Waals surface area contributed by atoms with Crippen LogP contribution in [0.2, 0.25) is 0 Å². The molecule has 3 rings (SSSR count). The number of fused-ring (bicyclic) bond motifs is 3. The van der Waals surface area contributed by atoms with Crippen molar-refractivity contribution in [1.82, 2.24) is 30.1 Å². The Morgan fingerprint density at radius 1 is 1.03 bits per heavy atom. The van der Waals surface area contributed by atoms with E-state index in [-0.39, 0.29) is 11.1 Å². The number of nitrogens with one attached hydrogen (secondary N) is 2. The molecule has 0 bridgehead atoms. The van der Waals surface area contributed by atoms with Crippen LogP contribution < -0.4 is 16.4 Å². The van der Waals surface area contributed by atoms with Gasteiger partial charge >= 0.3 is 0 Å². The molecule has 0 aliphatic rings. The summed E-state index contributed by atoms with van der Waals surface area (Å²) in [5.41, 5.74) is 8.81. The second-order valence-electron chi connectivity index (χ2n) is 11.2. The van der Waals surface area contributed by atoms with Crippen LogP contribution in [0.3, 0.4) is 0 Å². The van der Waals surface area contributed by atoms with Crippen LogP contribution >= 0.6 is 0 Å². The van der Waals surface area contributed by atoms with Gasteiger partial charge in [0, 0.05) is 30.6 Å². The first-order valence-electron chi connectivity index (χ1n) is 13.3. The molecule has 0 aliphatic heterocycles. The van der Waals surface area contributed by atoms with Gasteiger partial charge in [0.1, 0.15) is 11.3 Å². The fraction of sp³-hybridized carbons (Fsp3) is 0.643. The minimum absolute atomic E-state index is 0.0246. The second kappa shape index (κ2) is 12.3. The van der Waals surface area contributed by atoms with E-state index in [1.165, 1.54) is 0 Å². The van der Waals surface area contributed by atoms with Crippen LogP contribution in [0.4, 0.5) is 5.82 Å². The Morgan fingerprint density at radius 2 is 1.78 bits per heavy atom. The number of para-hydroxylation sites is 1. The van der Waals surface area contributed by atoms with Crippen molar-refractivity contribution in [1.29, 1.82) is 0 Å². The Hall–Kier alpha value is -2.26. The minimum atomic E-state index is -0.361. The first-order chi connectivity index (χ1) is 17.1. The lowest BCUT2D eigenvalue weighted by atomic mass is 10.1. The van der Waals surface area contributed by atoms with E-state index in [9.17, 15) is 0 Å². The molecule has 0 unspecified atom stereocenters. The van der Waals surface area contributed by atoms with Crippen molar-refractivity contribution in [3.63, 3.8) is 0 Å². The zero-order chi connectivity index (χ0) is 26.3. The van der Waals surface area contributed by atoms with Gasteiger partial charge < -0.3 is 25.7 Å². The van der Waals surface area contributed by atoms with Crippen LogP contribution in [-0.4, -0.2) is 70.4 Å². The number of unbranched alkanes of at least 4 members (excludes halogenated alkanes) is 1. The highest BCUT2D eigenvalue weighted by atomic mass is 16.5. The molecule has 0 radical (unpaired) electrons. The number of aromatic nitrogens is 3. The predicted molar refractivity (Wildman–Crippen MR) is 151 cm³/mol. The number of pyridine rings is 1. The predicted octanol–water partition coefficient (Wildman–Crippen LogP) is 4.17. The molecule has 4 N–H and O–H groups in total. The number of likely N-dealkylation sites (N-methyl/N-ethyl adjacent to an activating group) is 1. The van der Waals surface area contributed by atoms with E-state index in [0.717, 1.165) is 79.9 Å². The largest absolute Gasteiger partial charge is 0.382 e. The molecule has 0 fully saturated rings. The molecule has 8 nitrogen and oxygen atoms in total. The molecule has 0 amide bonds. The van der Waals surface area contributed by atoms with Crippen LogP contribution in [-0.2, 0) is 17.8 Å². The third kappa shape index (κ3) is 7.16. The molecule has 2 heterocycles. The normalized spacial score (nSPS) is 12.9. The Morgan fingerprint density at radius 3 is 2.47 bits per heavy atom. The summed E-state index contributed by atoms with van der Waals surface area (Å²) < 4.78 is 8.75. The third-order valence-corrected chi connectivity index (χ3v) is 6.68. The number of anilines is 1. The highest BCUT2D eigenvalue weighted by Gasteiger charge is 2.28. The third-order valence-electron chi connectivity index (χ3n) is 6.68. The van der Waals surface area contributed by atoms with E-state index < -0.39 is 0 Å². The van der Waals surface area contributed by atoms with Gasteiger partial charge in [-0.1, -0.05) is 25.1 Å². The van der Waals surface area contributed by atoms with Gasteiger partial charge in [-0.05, 0) is 73.7 Å². The highest BCUT2D eigenvalue weighted by Crippen LogP contribution is 2.31. The lowest BCUT2D eigenvalue weighted by molar-refractivity contribution is -0.0310. The summed E-state index contributed by atoms with van der Waals surface area (Å²) >= 11 is 0. The average molecular weight is 498 g/mol. The summed E-state index contributed by atoms with van der Waals surface area (Å²) in [5, 5.41) is 7.68. The van der Waals surface area contributed by atoms with Gasteiger partial charge in [0.15, 0.2) is 5.82 Å². The van der Waals surface area contributed by atoms with Crippen LogP contribution in [0.5, 0.6) is 0 Å². The van der Waals surface area contributed by atoms with Crippen molar-refractivity contribution in [2.45, 2.75) is 78.6 Å². The van der Waals surface area contributed by atoms with Crippen molar-refractivity contribution in [2.75, 3.05) is 45.6 Å². The fourth-order valence-corrected chi connectivity index (χ4v) is 4.66. The molecule has 0 saturated carbocycles. The zero-order valence-electron chi connectivity index (χ0n) is 23.4. The van der Waals surface area contributed by atoms with Crippen LogP contribution in [0.15, 0.2) is 24.3 Å². The second-order valence-corrected chi connectivity index (χ2v) is 11.2. The number of nitrogens with zero attached hydrogens (tertiary/aromatic N) is 4. The lowest BCUT2D eigenvalue weighted by Crippen LogP contribution is -2.41. The van der Waals surface area contributed by atoms with Gasteiger partial charge in [0.25, 0.3) is 0 Å². The zero-order valence-corrected chi connectivity index (χ0v) is 23.4. The standard InChI is InChI=1S/C28H47N7O/c1-8-34(27(2,3)4)19-23-33-24-25(21-13-9-10-14-22(21)32-26(24)29)35(23)20-28(5,6)36-18-12-11-15-31-17-16-30-7/h9-10,13-14,30-31H,8,11-12,15-20H2,1-7H3,(H2,29,32). The summed E-state index contributed by atoms with van der Waals surface area (Å²) in [6.07, 6.45) is 2.13. The quantitative estimate of drug-likeness (QED) is 0.288. The van der Waals surface area contributed by atoms with Crippen molar-refractivity contribution >= 4 is 27.8 Å². The van der Waals surface area contributed by atoms with Gasteiger partial charge in [-0.3, -0.25) is 4.90 Å². The molecule has 200 valence electrons. The minimum Gasteiger partial charge on any atom is -0.382 e. The molecule has 36 heavy (non-hydrogen) atoms. The first-order valence-corrected chi connectivity index (χ1v) is 13.3. The monoisotopic (exact) mass is 497 g/mol. The van der Waals surface area contributed by atoms with Gasteiger partial charge in [-0.15, -0.1) is 0 Å². The van der Waals surface area contributed by atoms with Crippen LogP contribution in [0.1, 0.15) is 60.2 Å². The van der Waals surface area contributed by atoms with E-state index in [1.807, 2.05) is 19.2 Å². The van der Waals surface area contributed by atoms with Gasteiger partial charge in [0.05, 0.1) is 29.7 Å². The summed E-state index contributed by atoms with van der Waals surface area (Å²) in [6, 6.07) is 8.18. The number of imidazole rings is 1. The molecule has 2 aromatic heterocycles. The van der Waals surface area contributed by atoms with Crippen LogP contribution in [0.25, 0.3) is 21.9 Å². The smallest absolute Gasteiger partial charge is 0.152 e. The summed E-state index contributed by atoms with van der Waals surface area (Å²) in [7, 11) is 1.98. The average Bonchev–Trinajstić information content (AvgIpc) is 3.16. The Kier molecular flexibility index (Phi) is 9.69.